The molecule has 2 heterocycles. The lowest BCUT2D eigenvalue weighted by Crippen LogP contribution is -2.19. The maximum Gasteiger partial charge on any atom is 0.258 e. The zero-order valence-corrected chi connectivity index (χ0v) is 16.9. The Morgan fingerprint density at radius 3 is 2.97 bits per heavy atom. The van der Waals surface area contributed by atoms with Crippen LogP contribution in [-0.2, 0) is 11.3 Å². The molecule has 1 aliphatic heterocycles. The second kappa shape index (κ2) is 8.71. The zero-order chi connectivity index (χ0) is 20.2. The topological polar surface area (TPSA) is 74.6 Å². The maximum absolute atomic E-state index is 12.9. The van der Waals surface area contributed by atoms with E-state index in [9.17, 15) is 4.79 Å². The van der Waals surface area contributed by atoms with Crippen LogP contribution in [0.5, 0.6) is 11.5 Å². The number of aryl methyl sites for hydroxylation is 1. The number of ether oxygens (including phenoxy) is 3. The molecular formula is C21H22ClN3O4. The first-order valence-electron chi connectivity index (χ1n) is 9.61. The number of aromatic nitrogens is 2. The number of carbonyl (C=O) groups is 1. The molecule has 7 nitrogen and oxygen atoms in total. The highest BCUT2D eigenvalue weighted by Crippen LogP contribution is 2.38. The van der Waals surface area contributed by atoms with E-state index in [0.29, 0.717) is 61.0 Å². The molecule has 1 N–H and O–H groups in total. The number of rotatable bonds is 7. The third kappa shape index (κ3) is 4.16. The van der Waals surface area contributed by atoms with Crippen molar-refractivity contribution in [1.29, 1.82) is 0 Å². The molecule has 0 saturated carbocycles. The Labute approximate surface area is 173 Å². The van der Waals surface area contributed by atoms with Gasteiger partial charge in [-0.05, 0) is 37.6 Å². The Bertz CT molecular complexity index is 1030. The van der Waals surface area contributed by atoms with Crippen LogP contribution in [-0.4, -0.2) is 41.9 Å². The second-order valence-corrected chi connectivity index (χ2v) is 6.97. The number of nitrogens with one attached hydrogen (secondary N) is 1. The normalized spacial score (nSPS) is 12.9. The summed E-state index contributed by atoms with van der Waals surface area (Å²) in [5.41, 5.74) is 2.16. The lowest BCUT2D eigenvalue weighted by molar-refractivity contribution is 0.102. The lowest BCUT2D eigenvalue weighted by atomic mass is 10.2. The van der Waals surface area contributed by atoms with Crippen molar-refractivity contribution in [3.8, 4) is 11.5 Å². The summed E-state index contributed by atoms with van der Waals surface area (Å²) >= 11 is 6.27. The fourth-order valence-corrected chi connectivity index (χ4v) is 3.55. The molecule has 152 valence electrons. The van der Waals surface area contributed by atoms with Gasteiger partial charge in [0.2, 0.25) is 5.95 Å². The van der Waals surface area contributed by atoms with Gasteiger partial charge >= 0.3 is 0 Å². The quantitative estimate of drug-likeness (QED) is 0.587. The molecule has 3 aromatic rings. The number of imidazole rings is 1. The summed E-state index contributed by atoms with van der Waals surface area (Å²) in [7, 11) is 0. The highest BCUT2D eigenvalue weighted by molar-refractivity contribution is 6.32. The van der Waals surface area contributed by atoms with Gasteiger partial charge in [0.1, 0.15) is 13.2 Å². The summed E-state index contributed by atoms with van der Waals surface area (Å²) in [6, 6.07) is 11.0. The molecule has 0 fully saturated rings. The minimum atomic E-state index is -0.315. The summed E-state index contributed by atoms with van der Waals surface area (Å²) in [5.74, 6) is 1.11. The second-order valence-electron chi connectivity index (χ2n) is 6.56. The van der Waals surface area contributed by atoms with Crippen molar-refractivity contribution in [2.24, 2.45) is 0 Å². The van der Waals surface area contributed by atoms with Crippen molar-refractivity contribution in [3.63, 3.8) is 0 Å². The van der Waals surface area contributed by atoms with Crippen molar-refractivity contribution in [1.82, 2.24) is 9.55 Å². The molecule has 0 radical (unpaired) electrons. The van der Waals surface area contributed by atoms with Gasteiger partial charge in [-0.15, -0.1) is 0 Å². The molecule has 0 spiro atoms. The number of fused-ring (bicyclic) bond motifs is 2. The smallest absolute Gasteiger partial charge is 0.258 e. The zero-order valence-electron chi connectivity index (χ0n) is 16.1. The minimum Gasteiger partial charge on any atom is -0.486 e. The van der Waals surface area contributed by atoms with Crippen LogP contribution < -0.4 is 14.8 Å². The van der Waals surface area contributed by atoms with Crippen molar-refractivity contribution in [3.05, 3.63) is 47.0 Å². The van der Waals surface area contributed by atoms with E-state index in [1.54, 1.807) is 12.1 Å². The highest BCUT2D eigenvalue weighted by atomic mass is 35.5. The Kier molecular flexibility index (Phi) is 5.87. The van der Waals surface area contributed by atoms with E-state index in [1.165, 1.54) is 0 Å². The van der Waals surface area contributed by atoms with Crippen LogP contribution in [0.4, 0.5) is 5.95 Å². The largest absolute Gasteiger partial charge is 0.486 e. The number of benzene rings is 2. The molecule has 4 rings (SSSR count). The predicted octanol–water partition coefficient (Wildman–Crippen LogP) is 4.14. The molecule has 1 aliphatic rings. The summed E-state index contributed by atoms with van der Waals surface area (Å²) in [5, 5.41) is 3.25. The van der Waals surface area contributed by atoms with Crippen LogP contribution in [0.3, 0.4) is 0 Å². The Balaban J connectivity index is 1.60. The van der Waals surface area contributed by atoms with Crippen LogP contribution in [0.1, 0.15) is 23.7 Å². The van der Waals surface area contributed by atoms with E-state index in [-0.39, 0.29) is 5.91 Å². The molecule has 0 unspecified atom stereocenters. The predicted molar refractivity (Wildman–Crippen MR) is 111 cm³/mol. The number of halogens is 1. The number of hydrogen-bond acceptors (Lipinski definition) is 5. The number of anilines is 1. The van der Waals surface area contributed by atoms with Gasteiger partial charge < -0.3 is 18.8 Å². The van der Waals surface area contributed by atoms with E-state index in [2.05, 4.69) is 10.3 Å². The van der Waals surface area contributed by atoms with Gasteiger partial charge in [-0.1, -0.05) is 23.7 Å². The Morgan fingerprint density at radius 1 is 1.28 bits per heavy atom. The van der Waals surface area contributed by atoms with Crippen molar-refractivity contribution < 1.29 is 19.0 Å². The van der Waals surface area contributed by atoms with Crippen molar-refractivity contribution in [2.75, 3.05) is 31.7 Å². The van der Waals surface area contributed by atoms with Gasteiger partial charge in [-0.3, -0.25) is 10.1 Å². The van der Waals surface area contributed by atoms with Crippen LogP contribution in [0.2, 0.25) is 5.02 Å². The molecule has 2 aromatic carbocycles. The van der Waals surface area contributed by atoms with E-state index in [0.717, 1.165) is 17.5 Å². The van der Waals surface area contributed by atoms with Gasteiger partial charge in [0.25, 0.3) is 5.91 Å². The van der Waals surface area contributed by atoms with Crippen molar-refractivity contribution in [2.45, 2.75) is 19.9 Å². The third-order valence-corrected chi connectivity index (χ3v) is 4.89. The van der Waals surface area contributed by atoms with Gasteiger partial charge in [0.15, 0.2) is 11.5 Å². The van der Waals surface area contributed by atoms with E-state index < -0.39 is 0 Å². The molecule has 0 saturated heterocycles. The number of para-hydroxylation sites is 2. The maximum atomic E-state index is 12.9. The van der Waals surface area contributed by atoms with E-state index in [1.807, 2.05) is 35.8 Å². The van der Waals surface area contributed by atoms with Gasteiger partial charge in [0.05, 0.1) is 16.1 Å². The van der Waals surface area contributed by atoms with Gasteiger partial charge in [-0.2, -0.15) is 0 Å². The average Bonchev–Trinajstić information content (AvgIpc) is 3.08. The summed E-state index contributed by atoms with van der Waals surface area (Å²) in [6.07, 6.45) is 0.812. The van der Waals surface area contributed by atoms with E-state index >= 15 is 0 Å². The Morgan fingerprint density at radius 2 is 2.10 bits per heavy atom. The molecule has 1 aromatic heterocycles. The first kappa shape index (κ1) is 19.5. The molecule has 1 amide bonds. The average molecular weight is 416 g/mol. The number of amides is 1. The van der Waals surface area contributed by atoms with Crippen LogP contribution in [0.25, 0.3) is 11.0 Å². The fraction of sp³-hybridized carbons (Fsp3) is 0.333. The summed E-state index contributed by atoms with van der Waals surface area (Å²) in [6.45, 7) is 4.83. The highest BCUT2D eigenvalue weighted by Gasteiger charge is 2.21. The van der Waals surface area contributed by atoms with E-state index in [4.69, 9.17) is 25.8 Å². The summed E-state index contributed by atoms with van der Waals surface area (Å²) in [4.78, 5) is 17.5. The van der Waals surface area contributed by atoms with Gasteiger partial charge in [0, 0.05) is 25.3 Å². The van der Waals surface area contributed by atoms with Crippen molar-refractivity contribution >= 4 is 34.5 Å². The number of hydrogen-bond donors (Lipinski definition) is 1. The molecular weight excluding hydrogens is 394 g/mol. The van der Waals surface area contributed by atoms with Gasteiger partial charge in [-0.25, -0.2) is 4.98 Å². The molecule has 0 aliphatic carbocycles. The van der Waals surface area contributed by atoms with Crippen LogP contribution >= 0.6 is 11.6 Å². The monoisotopic (exact) mass is 415 g/mol. The first-order valence-corrected chi connectivity index (χ1v) is 9.98. The molecule has 0 bridgehead atoms. The Hall–Kier alpha value is -2.77. The van der Waals surface area contributed by atoms with Crippen LogP contribution in [0, 0.1) is 0 Å². The fourth-order valence-electron chi connectivity index (χ4n) is 3.28. The molecule has 8 heteroatoms. The van der Waals surface area contributed by atoms with Crippen LogP contribution in [0.15, 0.2) is 36.4 Å². The summed E-state index contributed by atoms with van der Waals surface area (Å²) < 4.78 is 18.5. The first-order chi connectivity index (χ1) is 14.2. The number of carbonyl (C=O) groups excluding carboxylic acids is 1. The standard InChI is InChI=1S/C21H22ClN3O4/c1-2-27-9-5-8-25-17-7-4-3-6-16(17)23-21(25)24-20(26)14-12-15(22)19-18(13-14)28-10-11-29-19/h3-4,6-7,12-13H,2,5,8-11H2,1H3,(H,23,24,26). The SMILES string of the molecule is CCOCCCn1c(NC(=O)c2cc(Cl)c3c(c2)OCCO3)nc2ccccc21. The number of nitrogens with zero attached hydrogens (tertiary/aromatic N) is 2. The molecule has 0 atom stereocenters. The minimum absolute atomic E-state index is 0.315. The lowest BCUT2D eigenvalue weighted by Gasteiger charge is -2.20. The third-order valence-electron chi connectivity index (χ3n) is 4.61. The molecule has 29 heavy (non-hydrogen) atoms.